The number of amides is 1. The number of hydrogen-bond donors (Lipinski definition) is 0. The van der Waals surface area contributed by atoms with Crippen LogP contribution in [0, 0.1) is 10.1 Å². The SMILES string of the molecule is CCCN(C(=O)c1ccnc(Cl)c1[N+](=O)[O-])C(C)C. The van der Waals surface area contributed by atoms with Crippen molar-refractivity contribution in [2.24, 2.45) is 0 Å². The lowest BCUT2D eigenvalue weighted by molar-refractivity contribution is -0.385. The fourth-order valence-electron chi connectivity index (χ4n) is 1.76. The van der Waals surface area contributed by atoms with Crippen molar-refractivity contribution in [3.05, 3.63) is 33.1 Å². The summed E-state index contributed by atoms with van der Waals surface area (Å²) < 4.78 is 0. The van der Waals surface area contributed by atoms with Gasteiger partial charge in [-0.3, -0.25) is 14.9 Å². The van der Waals surface area contributed by atoms with E-state index in [1.165, 1.54) is 12.3 Å². The molecule has 0 spiro atoms. The Morgan fingerprint density at radius 2 is 2.21 bits per heavy atom. The standard InChI is InChI=1S/C12H16ClN3O3/c1-4-7-15(8(2)3)12(17)9-5-6-14-11(13)10(9)16(18)19/h5-6,8H,4,7H2,1-3H3. The number of carbonyl (C=O) groups excluding carboxylic acids is 1. The predicted octanol–water partition coefficient (Wildman–Crippen LogP) is 2.90. The second-order valence-corrected chi connectivity index (χ2v) is 4.71. The van der Waals surface area contributed by atoms with Gasteiger partial charge in [0, 0.05) is 18.8 Å². The molecular formula is C12H16ClN3O3. The van der Waals surface area contributed by atoms with Crippen LogP contribution in [-0.4, -0.2) is 33.3 Å². The molecule has 1 amide bonds. The second-order valence-electron chi connectivity index (χ2n) is 4.35. The number of carbonyl (C=O) groups is 1. The number of hydrogen-bond acceptors (Lipinski definition) is 4. The molecule has 0 bridgehead atoms. The number of nitrogens with zero attached hydrogens (tertiary/aromatic N) is 3. The lowest BCUT2D eigenvalue weighted by Gasteiger charge is -2.26. The molecule has 0 aliphatic rings. The molecule has 0 aromatic carbocycles. The van der Waals surface area contributed by atoms with Crippen molar-refractivity contribution in [3.8, 4) is 0 Å². The highest BCUT2D eigenvalue weighted by Gasteiger charge is 2.28. The van der Waals surface area contributed by atoms with E-state index in [-0.39, 0.29) is 16.8 Å². The average Bonchev–Trinajstić information content (AvgIpc) is 2.33. The summed E-state index contributed by atoms with van der Waals surface area (Å²) in [6, 6.07) is 1.29. The molecule has 0 radical (unpaired) electrons. The van der Waals surface area contributed by atoms with Crippen molar-refractivity contribution in [2.45, 2.75) is 33.2 Å². The van der Waals surface area contributed by atoms with Crippen LogP contribution in [0.5, 0.6) is 0 Å². The Kier molecular flexibility index (Phi) is 5.23. The molecule has 0 saturated heterocycles. The van der Waals surface area contributed by atoms with Crippen molar-refractivity contribution in [2.75, 3.05) is 6.54 Å². The molecule has 6 nitrogen and oxygen atoms in total. The molecule has 7 heteroatoms. The van der Waals surface area contributed by atoms with Gasteiger partial charge in [0.2, 0.25) is 5.15 Å². The predicted molar refractivity (Wildman–Crippen MR) is 72.4 cm³/mol. The molecule has 104 valence electrons. The Morgan fingerprint density at radius 3 is 2.68 bits per heavy atom. The van der Waals surface area contributed by atoms with Crippen molar-refractivity contribution in [1.29, 1.82) is 0 Å². The first kappa shape index (κ1) is 15.4. The lowest BCUT2D eigenvalue weighted by atomic mass is 10.1. The van der Waals surface area contributed by atoms with Crippen LogP contribution in [0.15, 0.2) is 12.3 Å². The number of aromatic nitrogens is 1. The molecule has 1 rings (SSSR count). The zero-order valence-corrected chi connectivity index (χ0v) is 11.8. The molecule has 0 saturated carbocycles. The van der Waals surface area contributed by atoms with Crippen LogP contribution in [0.25, 0.3) is 0 Å². The van der Waals surface area contributed by atoms with E-state index in [9.17, 15) is 14.9 Å². The Hall–Kier alpha value is -1.69. The largest absolute Gasteiger partial charge is 0.336 e. The Balaban J connectivity index is 3.25. The van der Waals surface area contributed by atoms with E-state index in [1.54, 1.807) is 4.90 Å². The Morgan fingerprint density at radius 1 is 1.58 bits per heavy atom. The molecular weight excluding hydrogens is 270 g/mol. The van der Waals surface area contributed by atoms with E-state index >= 15 is 0 Å². The van der Waals surface area contributed by atoms with E-state index in [2.05, 4.69) is 4.98 Å². The third-order valence-corrected chi connectivity index (χ3v) is 2.92. The van der Waals surface area contributed by atoms with E-state index in [4.69, 9.17) is 11.6 Å². The third-order valence-electron chi connectivity index (χ3n) is 2.64. The van der Waals surface area contributed by atoms with Crippen molar-refractivity contribution >= 4 is 23.2 Å². The van der Waals surface area contributed by atoms with Gasteiger partial charge in [-0.1, -0.05) is 18.5 Å². The highest BCUT2D eigenvalue weighted by atomic mass is 35.5. The van der Waals surface area contributed by atoms with Crippen LogP contribution < -0.4 is 0 Å². The maximum absolute atomic E-state index is 12.4. The summed E-state index contributed by atoms with van der Waals surface area (Å²) in [4.78, 5) is 28.0. The van der Waals surface area contributed by atoms with Gasteiger partial charge in [0.15, 0.2) is 0 Å². The number of nitro groups is 1. The molecule has 19 heavy (non-hydrogen) atoms. The van der Waals surface area contributed by atoms with Gasteiger partial charge in [-0.25, -0.2) is 4.98 Å². The zero-order chi connectivity index (χ0) is 14.6. The normalized spacial score (nSPS) is 10.6. The molecule has 0 fully saturated rings. The fraction of sp³-hybridized carbons (Fsp3) is 0.500. The second kappa shape index (κ2) is 6.47. The summed E-state index contributed by atoms with van der Waals surface area (Å²) in [5, 5.41) is 10.7. The van der Waals surface area contributed by atoms with Gasteiger partial charge in [0.1, 0.15) is 5.56 Å². The fourth-order valence-corrected chi connectivity index (χ4v) is 1.99. The minimum absolute atomic E-state index is 0.0212. The highest BCUT2D eigenvalue weighted by Crippen LogP contribution is 2.27. The maximum atomic E-state index is 12.4. The van der Waals surface area contributed by atoms with Gasteiger partial charge in [-0.05, 0) is 26.3 Å². The molecule has 0 N–H and O–H groups in total. The van der Waals surface area contributed by atoms with Crippen LogP contribution in [0.3, 0.4) is 0 Å². The summed E-state index contributed by atoms with van der Waals surface area (Å²) in [6.07, 6.45) is 2.07. The van der Waals surface area contributed by atoms with Gasteiger partial charge in [-0.15, -0.1) is 0 Å². The quantitative estimate of drug-likeness (QED) is 0.473. The summed E-state index contributed by atoms with van der Waals surface area (Å²) in [5.74, 6) is -0.396. The van der Waals surface area contributed by atoms with Crippen LogP contribution in [0.4, 0.5) is 5.69 Å². The molecule has 0 aliphatic heterocycles. The lowest BCUT2D eigenvalue weighted by Crippen LogP contribution is -2.37. The molecule has 0 unspecified atom stereocenters. The number of halogens is 1. The van der Waals surface area contributed by atoms with Crippen molar-refractivity contribution < 1.29 is 9.72 Å². The average molecular weight is 286 g/mol. The molecule has 0 atom stereocenters. The van der Waals surface area contributed by atoms with Gasteiger partial charge >= 0.3 is 5.69 Å². The van der Waals surface area contributed by atoms with Crippen LogP contribution in [0.2, 0.25) is 5.15 Å². The van der Waals surface area contributed by atoms with E-state index in [0.29, 0.717) is 6.54 Å². The first-order valence-corrected chi connectivity index (χ1v) is 6.37. The molecule has 1 aromatic rings. The minimum Gasteiger partial charge on any atom is -0.336 e. The minimum atomic E-state index is -0.674. The first-order valence-electron chi connectivity index (χ1n) is 6.00. The van der Waals surface area contributed by atoms with Crippen molar-refractivity contribution in [1.82, 2.24) is 9.88 Å². The van der Waals surface area contributed by atoms with Crippen LogP contribution >= 0.6 is 11.6 Å². The molecule has 1 aromatic heterocycles. The van der Waals surface area contributed by atoms with E-state index in [1.807, 2.05) is 20.8 Å². The Labute approximate surface area is 116 Å². The maximum Gasteiger partial charge on any atom is 0.319 e. The smallest absolute Gasteiger partial charge is 0.319 e. The van der Waals surface area contributed by atoms with Gasteiger partial charge in [-0.2, -0.15) is 0 Å². The Bertz CT molecular complexity index is 491. The van der Waals surface area contributed by atoms with E-state index in [0.717, 1.165) is 6.42 Å². The van der Waals surface area contributed by atoms with Crippen LogP contribution in [0.1, 0.15) is 37.6 Å². The first-order chi connectivity index (χ1) is 8.90. The third kappa shape index (κ3) is 3.41. The topological polar surface area (TPSA) is 76.3 Å². The summed E-state index contributed by atoms with van der Waals surface area (Å²) in [7, 11) is 0. The number of pyridine rings is 1. The van der Waals surface area contributed by atoms with Gasteiger partial charge < -0.3 is 4.90 Å². The van der Waals surface area contributed by atoms with Gasteiger partial charge in [0.25, 0.3) is 5.91 Å². The number of rotatable bonds is 5. The highest BCUT2D eigenvalue weighted by molar-refractivity contribution is 6.32. The van der Waals surface area contributed by atoms with Crippen LogP contribution in [-0.2, 0) is 0 Å². The van der Waals surface area contributed by atoms with Gasteiger partial charge in [0.05, 0.1) is 4.92 Å². The van der Waals surface area contributed by atoms with Crippen molar-refractivity contribution in [3.63, 3.8) is 0 Å². The molecule has 0 aliphatic carbocycles. The zero-order valence-electron chi connectivity index (χ0n) is 11.1. The monoisotopic (exact) mass is 285 g/mol. The summed E-state index contributed by atoms with van der Waals surface area (Å²) >= 11 is 5.71. The van der Waals surface area contributed by atoms with E-state index < -0.39 is 16.5 Å². The molecule has 1 heterocycles. The summed E-state index contributed by atoms with van der Waals surface area (Å²) in [6.45, 7) is 6.20. The summed E-state index contributed by atoms with van der Waals surface area (Å²) in [5.41, 5.74) is -0.455.